The Balaban J connectivity index is 1.47. The summed E-state index contributed by atoms with van der Waals surface area (Å²) in [5.74, 6) is -3.33. The molecule has 45 heavy (non-hydrogen) atoms. The van der Waals surface area contributed by atoms with Gasteiger partial charge in [-0.2, -0.15) is 15.2 Å². The molecule has 0 aliphatic carbocycles. The van der Waals surface area contributed by atoms with Crippen LogP contribution in [0.5, 0.6) is 6.01 Å². The van der Waals surface area contributed by atoms with E-state index in [2.05, 4.69) is 31.4 Å². The van der Waals surface area contributed by atoms with Gasteiger partial charge in [0.05, 0.1) is 29.6 Å². The lowest BCUT2D eigenvalue weighted by molar-refractivity contribution is -0.131. The maximum absolute atomic E-state index is 15.9. The number of carbonyl (C=O) groups is 1. The SMILES string of the molecule is C=C(F)C(=O)N1CCN(c2nc(OC[C@@H]3CCCN3C)nc3nc(-c4[nH]c(=O)cc5cccc(F)c45)c(F)cc23)C[C@@H]1CC#N. The van der Waals surface area contributed by atoms with E-state index in [1.165, 1.54) is 23.1 Å². The van der Waals surface area contributed by atoms with E-state index in [1.54, 1.807) is 11.0 Å². The molecule has 14 heteroatoms. The van der Waals surface area contributed by atoms with Crippen molar-refractivity contribution in [2.24, 2.45) is 0 Å². The number of halogens is 3. The Morgan fingerprint density at radius 3 is 2.71 bits per heavy atom. The second-order valence-corrected chi connectivity index (χ2v) is 11.2. The van der Waals surface area contributed by atoms with E-state index >= 15 is 4.39 Å². The predicted octanol–water partition coefficient (Wildman–Crippen LogP) is 3.70. The average Bonchev–Trinajstić information content (AvgIpc) is 3.43. The molecule has 4 aromatic rings. The van der Waals surface area contributed by atoms with Gasteiger partial charge in [-0.05, 0) is 44.0 Å². The highest BCUT2D eigenvalue weighted by Gasteiger charge is 2.34. The molecule has 1 amide bonds. The molecule has 2 aliphatic rings. The van der Waals surface area contributed by atoms with Gasteiger partial charge in [-0.3, -0.25) is 9.59 Å². The van der Waals surface area contributed by atoms with Gasteiger partial charge in [0.1, 0.15) is 23.9 Å². The largest absolute Gasteiger partial charge is 0.462 e. The number of amides is 1. The number of nitrogens with zero attached hydrogens (tertiary/aromatic N) is 7. The molecule has 2 fully saturated rings. The lowest BCUT2D eigenvalue weighted by Crippen LogP contribution is -2.55. The van der Waals surface area contributed by atoms with Crippen molar-refractivity contribution < 1.29 is 22.7 Å². The van der Waals surface area contributed by atoms with Crippen molar-refractivity contribution in [1.29, 1.82) is 5.26 Å². The van der Waals surface area contributed by atoms with Gasteiger partial charge < -0.3 is 24.4 Å². The fraction of sp³-hybridized carbons (Fsp3) is 0.355. The number of piperazine rings is 1. The molecule has 0 saturated carbocycles. The van der Waals surface area contributed by atoms with Gasteiger partial charge in [-0.15, -0.1) is 0 Å². The van der Waals surface area contributed by atoms with Gasteiger partial charge in [-0.25, -0.2) is 18.2 Å². The third-order valence-corrected chi connectivity index (χ3v) is 8.35. The maximum atomic E-state index is 15.9. The topological polar surface area (TPSA) is 131 Å². The molecule has 0 radical (unpaired) electrons. The van der Waals surface area contributed by atoms with Crippen LogP contribution in [-0.4, -0.2) is 87.6 Å². The molecular formula is C31H29F3N8O3. The molecule has 0 unspecified atom stereocenters. The van der Waals surface area contributed by atoms with Crippen LogP contribution in [0, 0.1) is 23.0 Å². The molecule has 0 bridgehead atoms. The van der Waals surface area contributed by atoms with Crippen LogP contribution in [0.2, 0.25) is 0 Å². The van der Waals surface area contributed by atoms with Gasteiger partial charge in [0.2, 0.25) is 5.56 Å². The number of H-pyrrole nitrogens is 1. The molecule has 3 aromatic heterocycles. The molecular weight excluding hydrogens is 589 g/mol. The molecule has 2 saturated heterocycles. The van der Waals surface area contributed by atoms with E-state index in [0.717, 1.165) is 25.5 Å². The van der Waals surface area contributed by atoms with E-state index in [9.17, 15) is 23.6 Å². The van der Waals surface area contributed by atoms with E-state index in [0.29, 0.717) is 0 Å². The van der Waals surface area contributed by atoms with Crippen molar-refractivity contribution in [3.63, 3.8) is 0 Å². The van der Waals surface area contributed by atoms with Gasteiger partial charge in [0.25, 0.3) is 5.91 Å². The lowest BCUT2D eigenvalue weighted by Gasteiger charge is -2.41. The number of hydrogen-bond donors (Lipinski definition) is 1. The molecule has 1 N–H and O–H groups in total. The summed E-state index contributed by atoms with van der Waals surface area (Å²) in [5.41, 5.74) is -1.00. The number of rotatable bonds is 7. The molecule has 1 aromatic carbocycles. The summed E-state index contributed by atoms with van der Waals surface area (Å²) in [6.45, 7) is 4.61. The quantitative estimate of drug-likeness (QED) is 0.308. The lowest BCUT2D eigenvalue weighted by atomic mass is 10.1. The first kappa shape index (κ1) is 30.0. The first-order valence-electron chi connectivity index (χ1n) is 14.4. The molecule has 11 nitrogen and oxygen atoms in total. The van der Waals surface area contributed by atoms with Gasteiger partial charge in [0.15, 0.2) is 17.3 Å². The highest BCUT2D eigenvalue weighted by Crippen LogP contribution is 2.34. The fourth-order valence-corrected chi connectivity index (χ4v) is 6.05. The number of nitrogens with one attached hydrogen (secondary N) is 1. The minimum atomic E-state index is -1.13. The molecule has 6 rings (SSSR count). The highest BCUT2D eigenvalue weighted by atomic mass is 19.1. The van der Waals surface area contributed by atoms with Crippen LogP contribution in [0.3, 0.4) is 0 Å². The molecule has 0 spiro atoms. The van der Waals surface area contributed by atoms with Crippen LogP contribution in [-0.2, 0) is 4.79 Å². The summed E-state index contributed by atoms with van der Waals surface area (Å²) in [6, 6.07) is 7.99. The Morgan fingerprint density at radius 2 is 1.98 bits per heavy atom. The summed E-state index contributed by atoms with van der Waals surface area (Å²) < 4.78 is 50.7. The predicted molar refractivity (Wildman–Crippen MR) is 160 cm³/mol. The van der Waals surface area contributed by atoms with E-state index < -0.39 is 35.0 Å². The number of likely N-dealkylation sites (N-methyl/N-ethyl adjacent to an activating group) is 1. The Hall–Kier alpha value is -5.03. The van der Waals surface area contributed by atoms with Crippen LogP contribution in [0.25, 0.3) is 33.2 Å². The molecule has 232 valence electrons. The number of aromatic amines is 1. The number of hydrogen-bond acceptors (Lipinski definition) is 9. The number of likely N-dealkylation sites (tertiary alicyclic amines) is 1. The van der Waals surface area contributed by atoms with E-state index in [-0.39, 0.29) is 83.7 Å². The van der Waals surface area contributed by atoms with Crippen LogP contribution in [0.1, 0.15) is 19.3 Å². The van der Waals surface area contributed by atoms with Crippen LogP contribution in [0.4, 0.5) is 19.0 Å². The van der Waals surface area contributed by atoms with E-state index in [1.807, 2.05) is 13.1 Å². The normalized spacial score (nSPS) is 18.8. The standard InChI is InChI=1S/C31H29F3N8O3/c1-17(32)30(44)42-12-11-41(15-19(42)8-9-35)29-21-14-23(34)26(27-25-18(13-24(43)36-27)5-3-7-22(25)33)37-28(21)38-31(39-29)45-16-20-6-4-10-40(20)2/h3,5,7,13-14,19-20H,1,4,6,8,10-12,15-16H2,2H3,(H,36,43)/t19-,20-/m0/s1. The minimum Gasteiger partial charge on any atom is -0.462 e. The Morgan fingerprint density at radius 1 is 1.16 bits per heavy atom. The Bertz CT molecular complexity index is 1930. The zero-order valence-electron chi connectivity index (χ0n) is 24.4. The smallest absolute Gasteiger partial charge is 0.320 e. The number of anilines is 1. The highest BCUT2D eigenvalue weighted by molar-refractivity contribution is 5.96. The minimum absolute atomic E-state index is 0.00698. The van der Waals surface area contributed by atoms with Crippen molar-refractivity contribution in [2.45, 2.75) is 31.3 Å². The average molecular weight is 619 g/mol. The second kappa shape index (κ2) is 12.2. The zero-order chi connectivity index (χ0) is 31.8. The van der Waals surface area contributed by atoms with Gasteiger partial charge >= 0.3 is 6.01 Å². The van der Waals surface area contributed by atoms with Crippen LogP contribution >= 0.6 is 0 Å². The molecule has 5 heterocycles. The first-order chi connectivity index (χ1) is 21.6. The second-order valence-electron chi connectivity index (χ2n) is 11.2. The van der Waals surface area contributed by atoms with Crippen molar-refractivity contribution in [3.05, 3.63) is 64.7 Å². The zero-order valence-corrected chi connectivity index (χ0v) is 24.4. The number of pyridine rings is 2. The van der Waals surface area contributed by atoms with Crippen molar-refractivity contribution >= 4 is 33.5 Å². The molecule has 2 atom stereocenters. The number of benzene rings is 1. The summed E-state index contributed by atoms with van der Waals surface area (Å²) in [7, 11) is 2.00. The maximum Gasteiger partial charge on any atom is 0.320 e. The third-order valence-electron chi connectivity index (χ3n) is 8.35. The number of carbonyl (C=O) groups excluding carboxylic acids is 1. The van der Waals surface area contributed by atoms with Crippen LogP contribution in [0.15, 0.2) is 47.5 Å². The number of nitriles is 1. The monoisotopic (exact) mass is 618 g/mol. The van der Waals surface area contributed by atoms with Crippen molar-refractivity contribution in [1.82, 2.24) is 29.7 Å². The summed E-state index contributed by atoms with van der Waals surface area (Å²) in [6.07, 6.45) is 1.86. The number of fused-ring (bicyclic) bond motifs is 2. The van der Waals surface area contributed by atoms with Gasteiger partial charge in [-0.1, -0.05) is 18.7 Å². The third kappa shape index (κ3) is 5.78. The summed E-state index contributed by atoms with van der Waals surface area (Å²) >= 11 is 0. The first-order valence-corrected chi connectivity index (χ1v) is 14.4. The fourth-order valence-electron chi connectivity index (χ4n) is 6.05. The number of aromatic nitrogens is 4. The van der Waals surface area contributed by atoms with Crippen LogP contribution < -0.4 is 15.2 Å². The molecule has 2 aliphatic heterocycles. The van der Waals surface area contributed by atoms with Gasteiger partial charge in [0, 0.05) is 37.1 Å². The Kier molecular flexibility index (Phi) is 8.11. The summed E-state index contributed by atoms with van der Waals surface area (Å²) in [4.78, 5) is 46.1. The summed E-state index contributed by atoms with van der Waals surface area (Å²) in [5, 5.41) is 9.89. The van der Waals surface area contributed by atoms with E-state index in [4.69, 9.17) is 4.74 Å². The van der Waals surface area contributed by atoms with Crippen molar-refractivity contribution in [3.8, 4) is 23.5 Å². The number of ether oxygens (including phenoxy) is 1. The van der Waals surface area contributed by atoms with Crippen molar-refractivity contribution in [2.75, 3.05) is 44.7 Å². The Labute approximate surface area is 255 Å².